The Morgan fingerprint density at radius 2 is 1.89 bits per heavy atom. The SMILES string of the molecule is C=CC[C@@]1(C#N)C(SCC(=O)c2ccccc2)=NC2=C(C(=O)CC(C)(C)C2)[C@H]1c1ccc(Br)cc1. The van der Waals surface area contributed by atoms with Gasteiger partial charge in [-0.1, -0.05) is 78.3 Å². The molecule has 0 aromatic heterocycles. The molecule has 2 aromatic rings. The Bertz CT molecular complexity index is 1270. The highest BCUT2D eigenvalue weighted by atomic mass is 79.9. The van der Waals surface area contributed by atoms with Gasteiger partial charge in [0.1, 0.15) is 5.41 Å². The highest BCUT2D eigenvalue weighted by Gasteiger charge is 2.52. The average molecular weight is 548 g/mol. The molecule has 4 rings (SSSR count). The molecular formula is C29H27BrN2O2S. The van der Waals surface area contributed by atoms with E-state index in [-0.39, 0.29) is 22.7 Å². The molecule has 4 nitrogen and oxygen atoms in total. The number of ketones is 2. The van der Waals surface area contributed by atoms with Gasteiger partial charge in [-0.15, -0.1) is 18.3 Å². The Morgan fingerprint density at radius 3 is 2.51 bits per heavy atom. The fourth-order valence-electron chi connectivity index (χ4n) is 5.02. The fraction of sp³-hybridized carbons (Fsp3) is 0.310. The summed E-state index contributed by atoms with van der Waals surface area (Å²) in [6.45, 7) is 8.06. The van der Waals surface area contributed by atoms with Crippen LogP contribution < -0.4 is 0 Å². The minimum absolute atomic E-state index is 0.0243. The molecule has 0 saturated carbocycles. The highest BCUT2D eigenvalue weighted by Crippen LogP contribution is 2.55. The number of Topliss-reactive ketones (excluding diaryl/α,β-unsaturated/α-hetero) is 2. The first-order valence-corrected chi connectivity index (χ1v) is 13.3. The quantitative estimate of drug-likeness (QED) is 0.281. The van der Waals surface area contributed by atoms with E-state index in [9.17, 15) is 14.9 Å². The summed E-state index contributed by atoms with van der Waals surface area (Å²) in [5.74, 6) is -0.301. The molecule has 0 saturated heterocycles. The number of hydrogen-bond donors (Lipinski definition) is 0. The van der Waals surface area contributed by atoms with E-state index in [1.807, 2.05) is 42.5 Å². The van der Waals surface area contributed by atoms with Gasteiger partial charge in [0.05, 0.1) is 16.9 Å². The van der Waals surface area contributed by atoms with Gasteiger partial charge in [0, 0.05) is 33.6 Å². The van der Waals surface area contributed by atoms with Gasteiger partial charge in [-0.25, -0.2) is 4.99 Å². The molecular weight excluding hydrogens is 520 g/mol. The standard InChI is InChI=1S/C29H27BrN2O2S/c1-4-14-29(18-31)26(20-10-12-21(30)13-11-20)25-22(15-28(2,3)16-23(25)33)32-27(29)35-17-24(34)19-8-6-5-7-9-19/h4-13,26H,1,14-17H2,2-3H3/t26-,29+/m1/s1. The summed E-state index contributed by atoms with van der Waals surface area (Å²) in [6.07, 6.45) is 3.10. The number of carbonyl (C=O) groups excluding carboxylic acids is 2. The lowest BCUT2D eigenvalue weighted by Gasteiger charge is -2.44. The Labute approximate surface area is 219 Å². The second-order valence-electron chi connectivity index (χ2n) is 9.86. The van der Waals surface area contributed by atoms with Crippen molar-refractivity contribution in [1.82, 2.24) is 0 Å². The number of benzene rings is 2. The molecule has 2 aromatic carbocycles. The van der Waals surface area contributed by atoms with E-state index >= 15 is 0 Å². The van der Waals surface area contributed by atoms with Crippen LogP contribution in [-0.4, -0.2) is 22.4 Å². The number of nitrogens with zero attached hydrogens (tertiary/aromatic N) is 2. The largest absolute Gasteiger partial charge is 0.294 e. The molecule has 0 bridgehead atoms. The molecule has 0 fully saturated rings. The number of hydrogen-bond acceptors (Lipinski definition) is 5. The van der Waals surface area contributed by atoms with Crippen molar-refractivity contribution in [2.24, 2.45) is 15.8 Å². The first-order valence-electron chi connectivity index (χ1n) is 11.5. The van der Waals surface area contributed by atoms with E-state index in [0.29, 0.717) is 35.4 Å². The Hall–Kier alpha value is -2.75. The predicted octanol–water partition coefficient (Wildman–Crippen LogP) is 7.29. The lowest BCUT2D eigenvalue weighted by atomic mass is 9.61. The number of nitriles is 1. The summed E-state index contributed by atoms with van der Waals surface area (Å²) in [7, 11) is 0. The van der Waals surface area contributed by atoms with E-state index in [1.165, 1.54) is 11.8 Å². The van der Waals surface area contributed by atoms with Crippen LogP contribution >= 0.6 is 27.7 Å². The Balaban J connectivity index is 1.85. The first kappa shape index (κ1) is 25.3. The smallest absolute Gasteiger partial charge is 0.173 e. The van der Waals surface area contributed by atoms with Crippen LogP contribution in [0.5, 0.6) is 0 Å². The van der Waals surface area contributed by atoms with E-state index in [1.54, 1.807) is 18.2 Å². The molecule has 2 atom stereocenters. The zero-order valence-electron chi connectivity index (χ0n) is 19.9. The number of rotatable bonds is 6. The predicted molar refractivity (Wildman–Crippen MR) is 145 cm³/mol. The van der Waals surface area contributed by atoms with Gasteiger partial charge in [0.2, 0.25) is 0 Å². The number of carbonyl (C=O) groups is 2. The van der Waals surface area contributed by atoms with Crippen LogP contribution in [0.1, 0.15) is 54.9 Å². The van der Waals surface area contributed by atoms with Crippen molar-refractivity contribution in [3.05, 3.63) is 94.1 Å². The van der Waals surface area contributed by atoms with Gasteiger partial charge < -0.3 is 0 Å². The van der Waals surface area contributed by atoms with Gasteiger partial charge in [0.15, 0.2) is 11.6 Å². The molecule has 0 N–H and O–H groups in total. The van der Waals surface area contributed by atoms with Crippen LogP contribution in [0.2, 0.25) is 0 Å². The zero-order valence-corrected chi connectivity index (χ0v) is 22.3. The topological polar surface area (TPSA) is 70.3 Å². The summed E-state index contributed by atoms with van der Waals surface area (Å²) in [4.78, 5) is 31.4. The van der Waals surface area contributed by atoms with E-state index < -0.39 is 11.3 Å². The molecule has 35 heavy (non-hydrogen) atoms. The van der Waals surface area contributed by atoms with E-state index in [4.69, 9.17) is 4.99 Å². The number of aliphatic imine (C=N–C) groups is 1. The summed E-state index contributed by atoms with van der Waals surface area (Å²) < 4.78 is 0.922. The number of halogens is 1. The van der Waals surface area contributed by atoms with Crippen LogP contribution in [0.4, 0.5) is 0 Å². The average Bonchev–Trinajstić information content (AvgIpc) is 2.83. The van der Waals surface area contributed by atoms with Gasteiger partial charge in [-0.05, 0) is 36.0 Å². The van der Waals surface area contributed by atoms with Crippen molar-refractivity contribution in [3.8, 4) is 6.07 Å². The first-order chi connectivity index (χ1) is 16.7. The van der Waals surface area contributed by atoms with Gasteiger partial charge in [0.25, 0.3) is 0 Å². The van der Waals surface area contributed by atoms with Crippen LogP contribution in [0.15, 0.2) is 88.0 Å². The maximum absolute atomic E-state index is 13.5. The Morgan fingerprint density at radius 1 is 1.20 bits per heavy atom. The van der Waals surface area contributed by atoms with Crippen LogP contribution in [0, 0.1) is 22.2 Å². The fourth-order valence-corrected chi connectivity index (χ4v) is 6.40. The minimum Gasteiger partial charge on any atom is -0.294 e. The maximum atomic E-state index is 13.5. The molecule has 1 aliphatic carbocycles. The number of thioether (sulfide) groups is 1. The molecule has 6 heteroatoms. The molecule has 1 aliphatic heterocycles. The van der Waals surface area contributed by atoms with Crippen molar-refractivity contribution in [2.45, 2.75) is 39.0 Å². The second-order valence-corrected chi connectivity index (χ2v) is 11.7. The van der Waals surface area contributed by atoms with Crippen molar-refractivity contribution in [2.75, 3.05) is 5.75 Å². The van der Waals surface area contributed by atoms with Crippen molar-refractivity contribution < 1.29 is 9.59 Å². The van der Waals surface area contributed by atoms with Crippen molar-refractivity contribution in [3.63, 3.8) is 0 Å². The van der Waals surface area contributed by atoms with Crippen LogP contribution in [0.25, 0.3) is 0 Å². The van der Waals surface area contributed by atoms with Crippen molar-refractivity contribution in [1.29, 1.82) is 5.26 Å². The molecule has 1 heterocycles. The normalized spacial score (nSPS) is 23.2. The monoisotopic (exact) mass is 546 g/mol. The van der Waals surface area contributed by atoms with Gasteiger partial charge in [-0.2, -0.15) is 5.26 Å². The summed E-state index contributed by atoms with van der Waals surface area (Å²) in [5, 5.41) is 11.3. The molecule has 178 valence electrons. The lowest BCUT2D eigenvalue weighted by Crippen LogP contribution is -2.43. The maximum Gasteiger partial charge on any atom is 0.173 e. The summed E-state index contributed by atoms with van der Waals surface area (Å²) >= 11 is 4.80. The molecule has 0 unspecified atom stereocenters. The molecule has 0 spiro atoms. The van der Waals surface area contributed by atoms with Gasteiger partial charge in [-0.3, -0.25) is 9.59 Å². The van der Waals surface area contributed by atoms with Crippen LogP contribution in [0.3, 0.4) is 0 Å². The Kier molecular flexibility index (Phi) is 7.30. The highest BCUT2D eigenvalue weighted by molar-refractivity contribution is 9.10. The third-order valence-electron chi connectivity index (χ3n) is 6.60. The third kappa shape index (κ3) is 4.98. The van der Waals surface area contributed by atoms with Crippen LogP contribution in [-0.2, 0) is 4.79 Å². The van der Waals surface area contributed by atoms with E-state index in [0.717, 1.165) is 15.7 Å². The third-order valence-corrected chi connectivity index (χ3v) is 8.27. The number of allylic oxidation sites excluding steroid dienone is 3. The summed E-state index contributed by atoms with van der Waals surface area (Å²) in [6, 6.07) is 19.5. The summed E-state index contributed by atoms with van der Waals surface area (Å²) in [5.41, 5.74) is 1.55. The molecule has 0 radical (unpaired) electrons. The minimum atomic E-state index is -1.12. The second kappa shape index (κ2) is 10.1. The van der Waals surface area contributed by atoms with E-state index in [2.05, 4.69) is 42.4 Å². The molecule has 0 amide bonds. The molecule has 2 aliphatic rings. The van der Waals surface area contributed by atoms with Crippen molar-refractivity contribution >= 4 is 44.3 Å². The lowest BCUT2D eigenvalue weighted by molar-refractivity contribution is -0.118. The zero-order chi connectivity index (χ0) is 25.2. The van der Waals surface area contributed by atoms with Gasteiger partial charge >= 0.3 is 0 Å².